The van der Waals surface area contributed by atoms with E-state index in [1.807, 2.05) is 0 Å². The number of rotatable bonds is 1. The van der Waals surface area contributed by atoms with Gasteiger partial charge in [-0.25, -0.2) is 4.79 Å². The van der Waals surface area contributed by atoms with Crippen LogP contribution in [0.25, 0.3) is 0 Å². The summed E-state index contributed by atoms with van der Waals surface area (Å²) in [6, 6.07) is 0. The molecular formula is C4H3NOS. The molecule has 36 valence electrons. The minimum Gasteiger partial charge on any atom is -0.211 e. The number of aliphatic imine (C=N–C) groups is 1. The van der Waals surface area contributed by atoms with Crippen molar-refractivity contribution in [1.29, 1.82) is 0 Å². The Kier molecular flexibility index (Phi) is 3.07. The zero-order chi connectivity index (χ0) is 5.70. The van der Waals surface area contributed by atoms with Crippen molar-refractivity contribution in [3.05, 3.63) is 17.3 Å². The van der Waals surface area contributed by atoms with E-state index < -0.39 is 0 Å². The maximum absolute atomic E-state index is 9.34. The van der Waals surface area contributed by atoms with Crippen molar-refractivity contribution < 1.29 is 4.79 Å². The van der Waals surface area contributed by atoms with Gasteiger partial charge in [0.15, 0.2) is 0 Å². The van der Waals surface area contributed by atoms with Crippen LogP contribution in [0.15, 0.2) is 22.3 Å². The second-order valence-electron chi connectivity index (χ2n) is 0.703. The molecule has 0 saturated heterocycles. The first-order valence-electron chi connectivity index (χ1n) is 1.48. The van der Waals surface area contributed by atoms with Gasteiger partial charge in [-0.2, -0.15) is 4.99 Å². The van der Waals surface area contributed by atoms with Crippen molar-refractivity contribution in [2.24, 2.45) is 4.99 Å². The Hall–Kier alpha value is -0.750. The minimum atomic E-state index is 0.162. The summed E-state index contributed by atoms with van der Waals surface area (Å²) in [5, 5.41) is 0.162. The number of carbonyl (C=O) groups excluding carboxylic acids is 1. The maximum atomic E-state index is 9.34. The lowest BCUT2D eigenvalue weighted by Gasteiger charge is -1.69. The van der Waals surface area contributed by atoms with Gasteiger partial charge in [0.2, 0.25) is 6.08 Å². The van der Waals surface area contributed by atoms with Crippen LogP contribution in [0, 0.1) is 0 Å². The summed E-state index contributed by atoms with van der Waals surface area (Å²) in [4.78, 5) is 12.4. The molecule has 0 amide bonds. The van der Waals surface area contributed by atoms with Gasteiger partial charge in [0.1, 0.15) is 5.03 Å². The van der Waals surface area contributed by atoms with Crippen LogP contribution in [0.1, 0.15) is 0 Å². The van der Waals surface area contributed by atoms with E-state index in [2.05, 4.69) is 29.9 Å². The molecule has 0 aromatic heterocycles. The Morgan fingerprint density at radius 1 is 1.86 bits per heavy atom. The third-order valence-electron chi connectivity index (χ3n) is 0.310. The van der Waals surface area contributed by atoms with Gasteiger partial charge in [0, 0.05) is 0 Å². The molecule has 0 N–H and O–H groups in total. The zero-order valence-electron chi connectivity index (χ0n) is 3.51. The number of nitrogens with zero attached hydrogens (tertiary/aromatic N) is 1. The fourth-order valence-corrected chi connectivity index (χ4v) is 0.124. The van der Waals surface area contributed by atoms with Gasteiger partial charge in [0.25, 0.3) is 0 Å². The molecule has 0 bridgehead atoms. The van der Waals surface area contributed by atoms with Crippen LogP contribution in [0.3, 0.4) is 0 Å². The normalized spacial score (nSPS) is 5.86. The average Bonchev–Trinajstić information content (AvgIpc) is 1.68. The second-order valence-corrected chi connectivity index (χ2v) is 1.13. The van der Waals surface area contributed by atoms with Crippen LogP contribution in [0.5, 0.6) is 0 Å². The predicted molar refractivity (Wildman–Crippen MR) is 29.8 cm³/mol. The van der Waals surface area contributed by atoms with Gasteiger partial charge in [-0.15, -0.1) is 12.6 Å². The summed E-state index contributed by atoms with van der Waals surface area (Å²) < 4.78 is 0. The quantitative estimate of drug-likeness (QED) is 0.232. The summed E-state index contributed by atoms with van der Waals surface area (Å²) in [6.45, 7) is 3.17. The molecule has 0 rings (SSSR count). The molecule has 3 heteroatoms. The molecule has 0 aliphatic heterocycles. The molecule has 0 aliphatic rings. The van der Waals surface area contributed by atoms with E-state index in [-0.39, 0.29) is 5.03 Å². The van der Waals surface area contributed by atoms with E-state index in [1.54, 1.807) is 0 Å². The smallest absolute Gasteiger partial charge is 0.211 e. The molecule has 7 heavy (non-hydrogen) atoms. The highest BCUT2D eigenvalue weighted by Crippen LogP contribution is 1.94. The Morgan fingerprint density at radius 3 is 2.57 bits per heavy atom. The SMILES string of the molecule is C=C=C(S)N=C=O. The predicted octanol–water partition coefficient (Wildman–Crippen LogP) is 0.878. The zero-order valence-corrected chi connectivity index (χ0v) is 4.40. The number of hydrogen-bond donors (Lipinski definition) is 1. The van der Waals surface area contributed by atoms with E-state index in [4.69, 9.17) is 0 Å². The van der Waals surface area contributed by atoms with Crippen molar-refractivity contribution in [2.75, 3.05) is 0 Å². The first-order valence-corrected chi connectivity index (χ1v) is 1.93. The molecule has 0 aliphatic carbocycles. The third kappa shape index (κ3) is 3.07. The van der Waals surface area contributed by atoms with Gasteiger partial charge in [-0.3, -0.25) is 0 Å². The lowest BCUT2D eigenvalue weighted by Crippen LogP contribution is -1.53. The summed E-state index contributed by atoms with van der Waals surface area (Å²) >= 11 is 3.62. The average molecular weight is 113 g/mol. The lowest BCUT2D eigenvalue weighted by molar-refractivity contribution is 0.565. The van der Waals surface area contributed by atoms with Crippen LogP contribution in [0.4, 0.5) is 0 Å². The Balaban J connectivity index is 4.10. The Bertz CT molecular complexity index is 151. The monoisotopic (exact) mass is 113 g/mol. The van der Waals surface area contributed by atoms with E-state index in [9.17, 15) is 4.79 Å². The fraction of sp³-hybridized carbons (Fsp3) is 0. The van der Waals surface area contributed by atoms with E-state index in [1.165, 1.54) is 6.08 Å². The Labute approximate surface area is 46.7 Å². The summed E-state index contributed by atoms with van der Waals surface area (Å²) in [7, 11) is 0. The summed E-state index contributed by atoms with van der Waals surface area (Å²) in [5.41, 5.74) is 2.27. The van der Waals surface area contributed by atoms with Gasteiger partial charge >= 0.3 is 0 Å². The summed E-state index contributed by atoms with van der Waals surface area (Å²) in [5.74, 6) is 0. The van der Waals surface area contributed by atoms with Gasteiger partial charge in [-0.1, -0.05) is 12.3 Å². The first kappa shape index (κ1) is 6.25. The molecule has 0 aromatic rings. The van der Waals surface area contributed by atoms with E-state index in [0.717, 1.165) is 0 Å². The third-order valence-corrected chi connectivity index (χ3v) is 0.568. The van der Waals surface area contributed by atoms with Crippen molar-refractivity contribution in [3.63, 3.8) is 0 Å². The first-order chi connectivity index (χ1) is 3.31. The van der Waals surface area contributed by atoms with Crippen LogP contribution >= 0.6 is 12.6 Å². The Morgan fingerprint density at radius 2 is 2.43 bits per heavy atom. The topological polar surface area (TPSA) is 29.4 Å². The second kappa shape index (κ2) is 3.44. The lowest BCUT2D eigenvalue weighted by atomic mass is 10.9. The van der Waals surface area contributed by atoms with E-state index in [0.29, 0.717) is 0 Å². The largest absolute Gasteiger partial charge is 0.241 e. The minimum absolute atomic E-state index is 0.162. The maximum Gasteiger partial charge on any atom is 0.241 e. The highest BCUT2D eigenvalue weighted by Gasteiger charge is 1.71. The van der Waals surface area contributed by atoms with Gasteiger partial charge < -0.3 is 0 Å². The van der Waals surface area contributed by atoms with Gasteiger partial charge in [0.05, 0.1) is 0 Å². The number of isocyanates is 1. The van der Waals surface area contributed by atoms with Crippen molar-refractivity contribution in [1.82, 2.24) is 0 Å². The molecule has 0 spiro atoms. The van der Waals surface area contributed by atoms with E-state index >= 15 is 0 Å². The molecule has 0 fully saturated rings. The molecule has 0 unspecified atom stereocenters. The van der Waals surface area contributed by atoms with Crippen LogP contribution in [-0.4, -0.2) is 6.08 Å². The fourth-order valence-electron chi connectivity index (χ4n) is 0.0828. The van der Waals surface area contributed by atoms with Crippen LogP contribution < -0.4 is 0 Å². The molecule has 0 saturated carbocycles. The molecular weight excluding hydrogens is 110 g/mol. The molecule has 0 aromatic carbocycles. The van der Waals surface area contributed by atoms with Crippen LogP contribution in [-0.2, 0) is 4.79 Å². The van der Waals surface area contributed by atoms with Crippen molar-refractivity contribution in [2.45, 2.75) is 0 Å². The molecule has 0 heterocycles. The highest BCUT2D eigenvalue weighted by molar-refractivity contribution is 7.84. The number of hydrogen-bond acceptors (Lipinski definition) is 3. The van der Waals surface area contributed by atoms with Crippen molar-refractivity contribution >= 4 is 18.7 Å². The molecule has 2 nitrogen and oxygen atoms in total. The number of thiol groups is 1. The summed E-state index contributed by atoms with van der Waals surface area (Å²) in [6.07, 6.45) is 1.28. The van der Waals surface area contributed by atoms with Gasteiger partial charge in [-0.05, 0) is 0 Å². The highest BCUT2D eigenvalue weighted by atomic mass is 32.1. The van der Waals surface area contributed by atoms with Crippen LogP contribution in [0.2, 0.25) is 0 Å². The molecule has 0 radical (unpaired) electrons. The standard InChI is InChI=1S/C4H3NOS/c1-2-4(7)5-3-6/h7H,1H2. The molecule has 0 atom stereocenters. The van der Waals surface area contributed by atoms with Crippen molar-refractivity contribution in [3.8, 4) is 0 Å².